The maximum absolute atomic E-state index is 12.2. The summed E-state index contributed by atoms with van der Waals surface area (Å²) in [5.74, 6) is 0.194. The molecule has 0 fully saturated rings. The first-order chi connectivity index (χ1) is 12.4. The number of aliphatic imine (C=N–C) groups is 1. The summed E-state index contributed by atoms with van der Waals surface area (Å²) in [6.07, 6.45) is 1.78. The van der Waals surface area contributed by atoms with E-state index in [0.29, 0.717) is 19.0 Å². The number of aliphatic hydroxyl groups excluding tert-OH is 1. The van der Waals surface area contributed by atoms with Crippen molar-refractivity contribution in [2.75, 3.05) is 18.8 Å². The van der Waals surface area contributed by atoms with E-state index in [2.05, 4.69) is 27.5 Å². The SMILES string of the molecule is CCNC(=NCc1ncc(CC)s1)NCC(O)CS(=O)(=O)c1cccs1.I. The lowest BCUT2D eigenvalue weighted by molar-refractivity contribution is 0.200. The van der Waals surface area contributed by atoms with Gasteiger partial charge in [0, 0.05) is 24.2 Å². The van der Waals surface area contributed by atoms with E-state index in [0.717, 1.165) is 22.8 Å². The smallest absolute Gasteiger partial charge is 0.191 e. The van der Waals surface area contributed by atoms with Gasteiger partial charge in [-0.15, -0.1) is 46.7 Å². The molecule has 0 aliphatic carbocycles. The number of guanidine groups is 1. The third kappa shape index (κ3) is 8.02. The number of nitrogens with one attached hydrogen (secondary N) is 2. The Balaban J connectivity index is 0.00000364. The maximum Gasteiger partial charge on any atom is 0.191 e. The van der Waals surface area contributed by atoms with Crippen molar-refractivity contribution in [3.05, 3.63) is 33.6 Å². The van der Waals surface area contributed by atoms with Crippen LogP contribution in [0.1, 0.15) is 23.7 Å². The summed E-state index contributed by atoms with van der Waals surface area (Å²) in [6, 6.07) is 3.23. The molecule has 0 saturated heterocycles. The van der Waals surface area contributed by atoms with Crippen molar-refractivity contribution in [2.45, 2.75) is 37.1 Å². The van der Waals surface area contributed by atoms with E-state index >= 15 is 0 Å². The van der Waals surface area contributed by atoms with Crippen LogP contribution in [0, 0.1) is 0 Å². The molecule has 2 aromatic heterocycles. The second-order valence-electron chi connectivity index (χ2n) is 5.52. The zero-order valence-corrected chi connectivity index (χ0v) is 20.0. The Morgan fingerprint density at radius 1 is 1.37 bits per heavy atom. The van der Waals surface area contributed by atoms with Gasteiger partial charge in [0.05, 0.1) is 18.4 Å². The van der Waals surface area contributed by atoms with Crippen LogP contribution in [0.25, 0.3) is 0 Å². The summed E-state index contributed by atoms with van der Waals surface area (Å²) in [6.45, 7) is 5.21. The molecule has 1 unspecified atom stereocenters. The number of halogens is 1. The minimum absolute atomic E-state index is 0. The highest BCUT2D eigenvalue weighted by molar-refractivity contribution is 14.0. The Hall–Kier alpha value is -0.760. The second-order valence-corrected chi connectivity index (χ2v) is 9.93. The van der Waals surface area contributed by atoms with E-state index in [4.69, 9.17) is 0 Å². The van der Waals surface area contributed by atoms with Crippen LogP contribution in [0.3, 0.4) is 0 Å². The van der Waals surface area contributed by atoms with Crippen molar-refractivity contribution in [3.63, 3.8) is 0 Å². The number of rotatable bonds is 9. The molecule has 3 N–H and O–H groups in total. The zero-order valence-electron chi connectivity index (χ0n) is 15.2. The van der Waals surface area contributed by atoms with Crippen LogP contribution < -0.4 is 10.6 Å². The van der Waals surface area contributed by atoms with Gasteiger partial charge in [0.25, 0.3) is 0 Å². The van der Waals surface area contributed by atoms with Gasteiger partial charge < -0.3 is 15.7 Å². The number of aryl methyl sites for hydroxylation is 1. The standard InChI is InChI=1S/C16H24N4O3S3.HI/c1-3-13-9-18-14(25-13)10-20-16(17-4-2)19-8-12(21)11-26(22,23)15-6-5-7-24-15;/h5-7,9,12,21H,3-4,8,10-11H2,1-2H3,(H2,17,19,20);1H. The lowest BCUT2D eigenvalue weighted by Gasteiger charge is -2.15. The molecule has 0 aliphatic rings. The molecule has 152 valence electrons. The van der Waals surface area contributed by atoms with Gasteiger partial charge in [-0.3, -0.25) is 0 Å². The summed E-state index contributed by atoms with van der Waals surface area (Å²) < 4.78 is 24.6. The third-order valence-electron chi connectivity index (χ3n) is 3.39. The van der Waals surface area contributed by atoms with Gasteiger partial charge in [-0.05, 0) is 24.8 Å². The van der Waals surface area contributed by atoms with E-state index in [-0.39, 0.29) is 40.5 Å². The number of hydrogen-bond acceptors (Lipinski definition) is 7. The van der Waals surface area contributed by atoms with Crippen molar-refractivity contribution in [3.8, 4) is 0 Å². The predicted octanol–water partition coefficient (Wildman–Crippen LogP) is 2.27. The topological polar surface area (TPSA) is 104 Å². The minimum atomic E-state index is -3.47. The molecule has 0 spiro atoms. The Morgan fingerprint density at radius 3 is 2.74 bits per heavy atom. The molecule has 0 amide bonds. The summed E-state index contributed by atoms with van der Waals surface area (Å²) in [7, 11) is -3.47. The average molecular weight is 545 g/mol. The number of sulfone groups is 1. The van der Waals surface area contributed by atoms with Crippen LogP contribution >= 0.6 is 46.7 Å². The Morgan fingerprint density at radius 2 is 2.15 bits per heavy atom. The Kier molecular flexibility index (Phi) is 10.7. The molecule has 27 heavy (non-hydrogen) atoms. The van der Waals surface area contributed by atoms with Gasteiger partial charge in [-0.1, -0.05) is 13.0 Å². The summed E-state index contributed by atoms with van der Waals surface area (Å²) >= 11 is 2.77. The van der Waals surface area contributed by atoms with Crippen molar-refractivity contribution in [2.24, 2.45) is 4.99 Å². The van der Waals surface area contributed by atoms with Crippen LogP contribution in [0.15, 0.2) is 32.9 Å². The summed E-state index contributed by atoms with van der Waals surface area (Å²) in [5, 5.41) is 18.8. The van der Waals surface area contributed by atoms with E-state index in [1.807, 2.05) is 13.1 Å². The number of thiazole rings is 1. The van der Waals surface area contributed by atoms with Crippen LogP contribution in [0.4, 0.5) is 0 Å². The molecule has 11 heteroatoms. The fourth-order valence-corrected chi connectivity index (χ4v) is 5.39. The molecule has 1 atom stereocenters. The molecule has 2 heterocycles. The number of thiophene rings is 1. The first-order valence-corrected chi connectivity index (χ1v) is 11.7. The molecule has 0 aliphatic heterocycles. The number of aromatic nitrogens is 1. The lowest BCUT2D eigenvalue weighted by Crippen LogP contribution is -2.42. The summed E-state index contributed by atoms with van der Waals surface area (Å²) in [5.41, 5.74) is 0. The molecule has 2 rings (SSSR count). The molecule has 7 nitrogen and oxygen atoms in total. The summed E-state index contributed by atoms with van der Waals surface area (Å²) in [4.78, 5) is 9.96. The van der Waals surface area contributed by atoms with Gasteiger partial charge in [-0.2, -0.15) is 0 Å². The maximum atomic E-state index is 12.2. The normalized spacial score (nSPS) is 13.1. The molecular formula is C16H25IN4O3S3. The van der Waals surface area contributed by atoms with Crippen LogP contribution in [0.5, 0.6) is 0 Å². The van der Waals surface area contributed by atoms with Crippen LogP contribution in [-0.4, -0.2) is 49.4 Å². The number of aliphatic hydroxyl groups is 1. The molecule has 0 saturated carbocycles. The molecule has 0 radical (unpaired) electrons. The third-order valence-corrected chi connectivity index (χ3v) is 7.80. The minimum Gasteiger partial charge on any atom is -0.390 e. The van der Waals surface area contributed by atoms with E-state index in [9.17, 15) is 13.5 Å². The average Bonchev–Trinajstić information content (AvgIpc) is 3.28. The fraction of sp³-hybridized carbons (Fsp3) is 0.500. The lowest BCUT2D eigenvalue weighted by atomic mass is 10.4. The van der Waals surface area contributed by atoms with Crippen molar-refractivity contribution >= 4 is 62.4 Å². The highest BCUT2D eigenvalue weighted by atomic mass is 127. The zero-order chi connectivity index (χ0) is 19.0. The largest absolute Gasteiger partial charge is 0.390 e. The van der Waals surface area contributed by atoms with Crippen LogP contribution in [0.2, 0.25) is 0 Å². The van der Waals surface area contributed by atoms with Crippen molar-refractivity contribution < 1.29 is 13.5 Å². The van der Waals surface area contributed by atoms with E-state index in [1.165, 1.54) is 4.88 Å². The second kappa shape index (κ2) is 11.9. The van der Waals surface area contributed by atoms with Crippen molar-refractivity contribution in [1.82, 2.24) is 15.6 Å². The number of hydrogen-bond donors (Lipinski definition) is 3. The van der Waals surface area contributed by atoms with Crippen LogP contribution in [-0.2, 0) is 22.8 Å². The van der Waals surface area contributed by atoms with Gasteiger partial charge >= 0.3 is 0 Å². The monoisotopic (exact) mass is 544 g/mol. The highest BCUT2D eigenvalue weighted by Gasteiger charge is 2.20. The van der Waals surface area contributed by atoms with Gasteiger partial charge in [0.2, 0.25) is 0 Å². The fourth-order valence-electron chi connectivity index (χ4n) is 2.12. The van der Waals surface area contributed by atoms with Gasteiger partial charge in [-0.25, -0.2) is 18.4 Å². The molecule has 0 bridgehead atoms. The molecule has 0 aromatic carbocycles. The van der Waals surface area contributed by atoms with Crippen molar-refractivity contribution in [1.29, 1.82) is 0 Å². The van der Waals surface area contributed by atoms with E-state index in [1.54, 1.807) is 28.8 Å². The highest BCUT2D eigenvalue weighted by Crippen LogP contribution is 2.18. The quantitative estimate of drug-likeness (QED) is 0.254. The van der Waals surface area contributed by atoms with E-state index < -0.39 is 15.9 Å². The Labute approximate surface area is 185 Å². The van der Waals surface area contributed by atoms with Gasteiger partial charge in [0.1, 0.15) is 9.22 Å². The Bertz CT molecular complexity index is 807. The predicted molar refractivity (Wildman–Crippen MR) is 122 cm³/mol. The molecular weight excluding hydrogens is 519 g/mol. The molecule has 2 aromatic rings. The number of nitrogens with zero attached hydrogens (tertiary/aromatic N) is 2. The van der Waals surface area contributed by atoms with Gasteiger partial charge in [0.15, 0.2) is 15.8 Å². The first kappa shape index (κ1) is 24.3. The first-order valence-electron chi connectivity index (χ1n) is 8.34.